The fraction of sp³-hybridized carbons (Fsp3) is 1.00. The van der Waals surface area contributed by atoms with Gasteiger partial charge in [0, 0.05) is 26.9 Å². The molecule has 0 aliphatic heterocycles. The summed E-state index contributed by atoms with van der Waals surface area (Å²) in [4.78, 5) is 0. The summed E-state index contributed by atoms with van der Waals surface area (Å²) in [5.74, 6) is 0. The largest absolute Gasteiger partial charge is 0.599 e. The van der Waals surface area contributed by atoms with Crippen LogP contribution >= 0.6 is 0 Å². The first-order valence-electron chi connectivity index (χ1n) is 13.4. The minimum atomic E-state index is -2.78. The second-order valence-electron chi connectivity index (χ2n) is 9.80. The minimum absolute atomic E-state index is 0.0147. The van der Waals surface area contributed by atoms with Gasteiger partial charge in [0.05, 0.1) is 0 Å². The normalized spacial score (nSPS) is 12.8. The first-order chi connectivity index (χ1) is 14.9. The molecule has 0 rings (SSSR count). The second-order valence-corrected chi connectivity index (χ2v) is 12.6. The molecule has 0 aromatic rings. The standard InChI is InChI=1S/C26H57NO3Si/c1-8-10-11-12-13-14-15-16-17-18-19-20-21-22-23-24-26(3,4)27(25-9-2)31(28-5,29-6)30-7/h8-25H2,1-7H3. The van der Waals surface area contributed by atoms with Crippen molar-refractivity contribution in [2.45, 2.75) is 142 Å². The molecule has 31 heavy (non-hydrogen) atoms. The highest BCUT2D eigenvalue weighted by Gasteiger charge is 2.51. The zero-order chi connectivity index (χ0) is 23.4. The fourth-order valence-corrected chi connectivity index (χ4v) is 7.19. The van der Waals surface area contributed by atoms with Crippen molar-refractivity contribution in [3.05, 3.63) is 0 Å². The molecule has 5 heteroatoms. The van der Waals surface area contributed by atoms with Gasteiger partial charge in [-0.15, -0.1) is 0 Å². The Labute approximate surface area is 197 Å². The first-order valence-corrected chi connectivity index (χ1v) is 15.0. The van der Waals surface area contributed by atoms with E-state index >= 15 is 0 Å². The summed E-state index contributed by atoms with van der Waals surface area (Å²) in [6.45, 7) is 10.1. The molecule has 188 valence electrons. The van der Waals surface area contributed by atoms with Crippen molar-refractivity contribution in [1.82, 2.24) is 4.57 Å². The summed E-state index contributed by atoms with van der Waals surface area (Å²) >= 11 is 0. The van der Waals surface area contributed by atoms with Crippen LogP contribution in [0.2, 0.25) is 0 Å². The summed E-state index contributed by atoms with van der Waals surface area (Å²) in [5, 5.41) is 0. The van der Waals surface area contributed by atoms with Crippen LogP contribution in [0.4, 0.5) is 0 Å². The molecule has 0 fully saturated rings. The third-order valence-corrected chi connectivity index (χ3v) is 9.71. The first kappa shape index (κ1) is 31.1. The average molecular weight is 460 g/mol. The number of unbranched alkanes of at least 4 members (excludes halogenated alkanes) is 14. The van der Waals surface area contributed by atoms with E-state index in [0.717, 1.165) is 19.4 Å². The molecule has 4 nitrogen and oxygen atoms in total. The highest BCUT2D eigenvalue weighted by atomic mass is 28.4. The van der Waals surface area contributed by atoms with Gasteiger partial charge in [-0.1, -0.05) is 110 Å². The lowest BCUT2D eigenvalue weighted by Gasteiger charge is -2.45. The molecule has 0 N–H and O–H groups in total. The molecule has 0 aliphatic carbocycles. The average Bonchev–Trinajstić information content (AvgIpc) is 2.77. The van der Waals surface area contributed by atoms with E-state index in [9.17, 15) is 0 Å². The summed E-state index contributed by atoms with van der Waals surface area (Å²) < 4.78 is 19.7. The predicted octanol–water partition coefficient (Wildman–Crippen LogP) is 8.11. The van der Waals surface area contributed by atoms with Crippen LogP contribution in [0.15, 0.2) is 0 Å². The van der Waals surface area contributed by atoms with Crippen LogP contribution in [-0.4, -0.2) is 46.9 Å². The highest BCUT2D eigenvalue weighted by molar-refractivity contribution is 6.57. The summed E-state index contributed by atoms with van der Waals surface area (Å²) in [6, 6.07) is 0. The lowest BCUT2D eigenvalue weighted by molar-refractivity contribution is 0.0160. The molecule has 0 aromatic carbocycles. The quantitative estimate of drug-likeness (QED) is 0.114. The lowest BCUT2D eigenvalue weighted by Crippen LogP contribution is -2.66. The van der Waals surface area contributed by atoms with Crippen molar-refractivity contribution in [3.8, 4) is 0 Å². The SMILES string of the molecule is CCCCCCCCCCCCCCCCCC(C)(C)N(CCC)[Si](OC)(OC)OC. The van der Waals surface area contributed by atoms with Crippen LogP contribution < -0.4 is 0 Å². The van der Waals surface area contributed by atoms with Crippen LogP contribution in [0, 0.1) is 0 Å². The van der Waals surface area contributed by atoms with Crippen molar-refractivity contribution in [1.29, 1.82) is 0 Å². The van der Waals surface area contributed by atoms with Gasteiger partial charge in [0.25, 0.3) is 0 Å². The molecule has 0 unspecified atom stereocenters. The van der Waals surface area contributed by atoms with Gasteiger partial charge in [-0.05, 0) is 33.2 Å². The molecule has 0 radical (unpaired) electrons. The Morgan fingerprint density at radius 3 is 1.23 bits per heavy atom. The Kier molecular flexibility index (Phi) is 19.6. The van der Waals surface area contributed by atoms with Crippen molar-refractivity contribution >= 4 is 8.97 Å². The van der Waals surface area contributed by atoms with Gasteiger partial charge >= 0.3 is 8.97 Å². The van der Waals surface area contributed by atoms with Crippen LogP contribution in [0.5, 0.6) is 0 Å². The van der Waals surface area contributed by atoms with E-state index in [1.165, 1.54) is 96.3 Å². The van der Waals surface area contributed by atoms with E-state index in [-0.39, 0.29) is 5.54 Å². The van der Waals surface area contributed by atoms with Gasteiger partial charge in [-0.25, -0.2) is 0 Å². The van der Waals surface area contributed by atoms with Crippen LogP contribution in [0.1, 0.15) is 137 Å². The van der Waals surface area contributed by atoms with Gasteiger partial charge in [-0.3, -0.25) is 4.57 Å². The monoisotopic (exact) mass is 459 g/mol. The molecule has 0 spiro atoms. The van der Waals surface area contributed by atoms with Crippen molar-refractivity contribution < 1.29 is 13.3 Å². The Hall–Kier alpha value is 0.0569. The molecular weight excluding hydrogens is 402 g/mol. The maximum Gasteiger partial charge on any atom is 0.599 e. The van der Waals surface area contributed by atoms with E-state index in [0.29, 0.717) is 0 Å². The van der Waals surface area contributed by atoms with Crippen LogP contribution in [-0.2, 0) is 13.3 Å². The van der Waals surface area contributed by atoms with E-state index in [2.05, 4.69) is 32.3 Å². The fourth-order valence-electron chi connectivity index (χ4n) is 4.68. The molecular formula is C26H57NO3Si. The molecule has 0 heterocycles. The second kappa shape index (κ2) is 19.5. The van der Waals surface area contributed by atoms with Gasteiger partial charge in [0.2, 0.25) is 0 Å². The molecule has 0 saturated carbocycles. The molecule has 0 saturated heterocycles. The summed E-state index contributed by atoms with van der Waals surface area (Å²) in [7, 11) is 2.36. The Morgan fingerprint density at radius 1 is 0.548 bits per heavy atom. The van der Waals surface area contributed by atoms with Crippen LogP contribution in [0.3, 0.4) is 0 Å². The predicted molar refractivity (Wildman–Crippen MR) is 137 cm³/mol. The number of hydrogen-bond acceptors (Lipinski definition) is 4. The molecule has 0 amide bonds. The maximum atomic E-state index is 5.79. The van der Waals surface area contributed by atoms with E-state index in [1.807, 2.05) is 0 Å². The van der Waals surface area contributed by atoms with Gasteiger partial charge in [0.1, 0.15) is 0 Å². The minimum Gasteiger partial charge on any atom is -0.364 e. The van der Waals surface area contributed by atoms with Crippen molar-refractivity contribution in [3.63, 3.8) is 0 Å². The number of nitrogens with zero attached hydrogens (tertiary/aromatic N) is 1. The number of hydrogen-bond donors (Lipinski definition) is 0. The molecule has 0 atom stereocenters. The van der Waals surface area contributed by atoms with Gasteiger partial charge < -0.3 is 13.3 Å². The highest BCUT2D eigenvalue weighted by Crippen LogP contribution is 2.29. The zero-order valence-corrected chi connectivity index (χ0v) is 23.4. The Bertz CT molecular complexity index is 381. The van der Waals surface area contributed by atoms with Gasteiger partial charge in [-0.2, -0.15) is 0 Å². The van der Waals surface area contributed by atoms with E-state index < -0.39 is 8.97 Å². The third-order valence-electron chi connectivity index (χ3n) is 6.67. The third kappa shape index (κ3) is 13.4. The topological polar surface area (TPSA) is 30.9 Å². The van der Waals surface area contributed by atoms with Gasteiger partial charge in [0.15, 0.2) is 0 Å². The maximum absolute atomic E-state index is 5.79. The molecule has 0 aliphatic rings. The number of rotatable bonds is 23. The molecule has 0 aromatic heterocycles. The Morgan fingerprint density at radius 2 is 0.903 bits per heavy atom. The molecule has 0 bridgehead atoms. The van der Waals surface area contributed by atoms with Crippen LogP contribution in [0.25, 0.3) is 0 Å². The van der Waals surface area contributed by atoms with E-state index in [1.54, 1.807) is 21.3 Å². The van der Waals surface area contributed by atoms with Crippen molar-refractivity contribution in [2.75, 3.05) is 27.9 Å². The zero-order valence-electron chi connectivity index (χ0n) is 22.4. The van der Waals surface area contributed by atoms with E-state index in [4.69, 9.17) is 13.3 Å². The summed E-state index contributed by atoms with van der Waals surface area (Å²) in [6.07, 6.45) is 23.3. The summed E-state index contributed by atoms with van der Waals surface area (Å²) in [5.41, 5.74) is 0.0147. The lowest BCUT2D eigenvalue weighted by atomic mass is 9.95. The van der Waals surface area contributed by atoms with Crippen molar-refractivity contribution in [2.24, 2.45) is 0 Å². The Balaban J connectivity index is 3.90. The smallest absolute Gasteiger partial charge is 0.364 e.